The predicted molar refractivity (Wildman–Crippen MR) is 108 cm³/mol. The quantitative estimate of drug-likeness (QED) is 0.672. The number of carbonyl (C=O) groups is 2. The van der Waals surface area contributed by atoms with Crippen LogP contribution in [0.25, 0.3) is 0 Å². The molecule has 28 heavy (non-hydrogen) atoms. The molecule has 0 bridgehead atoms. The molecule has 0 saturated heterocycles. The van der Waals surface area contributed by atoms with Gasteiger partial charge in [-0.1, -0.05) is 42.0 Å². The van der Waals surface area contributed by atoms with Crippen molar-refractivity contribution in [3.8, 4) is 0 Å². The Hall–Kier alpha value is -3.47. The largest absolute Gasteiger partial charge is 0.352 e. The zero-order valence-electron chi connectivity index (χ0n) is 15.5. The summed E-state index contributed by atoms with van der Waals surface area (Å²) < 4.78 is 12.9. The van der Waals surface area contributed by atoms with E-state index in [1.807, 2.05) is 19.1 Å². The molecule has 0 saturated carbocycles. The predicted octanol–water partition coefficient (Wildman–Crippen LogP) is 4.36. The van der Waals surface area contributed by atoms with Crippen LogP contribution in [0, 0.1) is 12.7 Å². The van der Waals surface area contributed by atoms with Crippen molar-refractivity contribution >= 4 is 17.5 Å². The maximum absolute atomic E-state index is 12.9. The van der Waals surface area contributed by atoms with E-state index in [1.54, 1.807) is 48.5 Å². The van der Waals surface area contributed by atoms with Crippen LogP contribution in [-0.4, -0.2) is 18.4 Å². The Labute approximate surface area is 163 Å². The van der Waals surface area contributed by atoms with Gasteiger partial charge in [-0.3, -0.25) is 9.59 Å². The molecule has 0 aliphatic carbocycles. The Morgan fingerprint density at radius 3 is 2.39 bits per heavy atom. The van der Waals surface area contributed by atoms with Gasteiger partial charge in [0.15, 0.2) is 0 Å². The summed E-state index contributed by atoms with van der Waals surface area (Å²) in [7, 11) is 0. The van der Waals surface area contributed by atoms with Crippen molar-refractivity contribution in [2.75, 3.05) is 11.9 Å². The van der Waals surface area contributed by atoms with Crippen molar-refractivity contribution < 1.29 is 14.0 Å². The zero-order chi connectivity index (χ0) is 19.9. The minimum absolute atomic E-state index is 0.268. The van der Waals surface area contributed by atoms with E-state index in [2.05, 4.69) is 10.6 Å². The molecule has 3 aromatic carbocycles. The Morgan fingerprint density at radius 1 is 0.893 bits per heavy atom. The fourth-order valence-electron chi connectivity index (χ4n) is 2.84. The molecular formula is C23H21FN2O2. The summed E-state index contributed by atoms with van der Waals surface area (Å²) in [6.07, 6.45) is 0.587. The third-order valence-corrected chi connectivity index (χ3v) is 4.31. The molecule has 0 fully saturated rings. The second-order valence-electron chi connectivity index (χ2n) is 6.50. The molecule has 0 unspecified atom stereocenters. The van der Waals surface area contributed by atoms with E-state index in [-0.39, 0.29) is 17.6 Å². The SMILES string of the molecule is Cc1cccc(C(=O)Nc2ccccc2C(=O)NCCc2ccc(F)cc2)c1. The van der Waals surface area contributed by atoms with E-state index in [0.29, 0.717) is 29.8 Å². The van der Waals surface area contributed by atoms with Crippen LogP contribution in [0.1, 0.15) is 31.8 Å². The van der Waals surface area contributed by atoms with Crippen LogP contribution in [0.15, 0.2) is 72.8 Å². The first-order valence-electron chi connectivity index (χ1n) is 9.02. The summed E-state index contributed by atoms with van der Waals surface area (Å²) in [6, 6.07) is 20.3. The molecule has 0 aliphatic rings. The van der Waals surface area contributed by atoms with E-state index < -0.39 is 0 Å². The van der Waals surface area contributed by atoms with E-state index in [1.165, 1.54) is 12.1 Å². The lowest BCUT2D eigenvalue weighted by molar-refractivity contribution is 0.0955. The van der Waals surface area contributed by atoms with Crippen LogP contribution in [0.5, 0.6) is 0 Å². The van der Waals surface area contributed by atoms with Gasteiger partial charge < -0.3 is 10.6 Å². The second-order valence-corrected chi connectivity index (χ2v) is 6.50. The number of carbonyl (C=O) groups excluding carboxylic acids is 2. The molecule has 4 nitrogen and oxygen atoms in total. The van der Waals surface area contributed by atoms with Crippen LogP contribution in [0.4, 0.5) is 10.1 Å². The van der Waals surface area contributed by atoms with Gasteiger partial charge in [0.2, 0.25) is 0 Å². The Balaban J connectivity index is 1.64. The third kappa shape index (κ3) is 5.04. The lowest BCUT2D eigenvalue weighted by atomic mass is 10.1. The summed E-state index contributed by atoms with van der Waals surface area (Å²) in [5.74, 6) is -0.830. The number of aryl methyl sites for hydroxylation is 1. The molecule has 3 aromatic rings. The molecule has 2 amide bonds. The highest BCUT2D eigenvalue weighted by atomic mass is 19.1. The average molecular weight is 376 g/mol. The van der Waals surface area contributed by atoms with Crippen LogP contribution < -0.4 is 10.6 Å². The monoisotopic (exact) mass is 376 g/mol. The molecule has 0 atom stereocenters. The van der Waals surface area contributed by atoms with Gasteiger partial charge in [0.25, 0.3) is 11.8 Å². The topological polar surface area (TPSA) is 58.2 Å². The van der Waals surface area contributed by atoms with Crippen molar-refractivity contribution in [3.05, 3.63) is 101 Å². The van der Waals surface area contributed by atoms with Crippen LogP contribution in [0.2, 0.25) is 0 Å². The standard InChI is InChI=1S/C23H21FN2O2/c1-16-5-4-6-18(15-16)22(27)26-21-8-3-2-7-20(21)23(28)25-14-13-17-9-11-19(24)12-10-17/h2-12,15H,13-14H2,1H3,(H,25,28)(H,26,27). The first kappa shape index (κ1) is 19.3. The fraction of sp³-hybridized carbons (Fsp3) is 0.130. The minimum Gasteiger partial charge on any atom is -0.352 e. The summed E-state index contributed by atoms with van der Waals surface area (Å²) in [4.78, 5) is 25.1. The average Bonchev–Trinajstić information content (AvgIpc) is 2.70. The second kappa shape index (κ2) is 8.95. The normalized spacial score (nSPS) is 10.4. The van der Waals surface area contributed by atoms with E-state index >= 15 is 0 Å². The molecule has 0 aromatic heterocycles. The number of para-hydroxylation sites is 1. The van der Waals surface area contributed by atoms with Gasteiger partial charge in [-0.05, 0) is 55.3 Å². The van der Waals surface area contributed by atoms with Crippen molar-refractivity contribution in [3.63, 3.8) is 0 Å². The van der Waals surface area contributed by atoms with Gasteiger partial charge >= 0.3 is 0 Å². The number of anilines is 1. The van der Waals surface area contributed by atoms with Crippen LogP contribution in [-0.2, 0) is 6.42 Å². The molecule has 0 spiro atoms. The number of amides is 2. The highest BCUT2D eigenvalue weighted by Gasteiger charge is 2.14. The Bertz CT molecular complexity index is 984. The van der Waals surface area contributed by atoms with Gasteiger partial charge in [0.1, 0.15) is 5.82 Å². The molecule has 2 N–H and O–H groups in total. The maximum atomic E-state index is 12.9. The lowest BCUT2D eigenvalue weighted by Gasteiger charge is -2.12. The number of rotatable bonds is 6. The summed E-state index contributed by atoms with van der Waals surface area (Å²) in [5, 5.41) is 5.65. The van der Waals surface area contributed by atoms with Gasteiger partial charge in [-0.25, -0.2) is 4.39 Å². The number of halogens is 1. The first-order valence-corrected chi connectivity index (χ1v) is 9.02. The van der Waals surface area contributed by atoms with Gasteiger partial charge in [-0.15, -0.1) is 0 Å². The highest BCUT2D eigenvalue weighted by Crippen LogP contribution is 2.17. The summed E-state index contributed by atoms with van der Waals surface area (Å²) >= 11 is 0. The molecular weight excluding hydrogens is 355 g/mol. The van der Waals surface area contributed by atoms with Crippen molar-refractivity contribution in [1.82, 2.24) is 5.32 Å². The number of nitrogens with one attached hydrogen (secondary N) is 2. The number of hydrogen-bond acceptors (Lipinski definition) is 2. The Kier molecular flexibility index (Phi) is 6.17. The molecule has 0 radical (unpaired) electrons. The van der Waals surface area contributed by atoms with Crippen LogP contribution >= 0.6 is 0 Å². The van der Waals surface area contributed by atoms with Crippen molar-refractivity contribution in [2.24, 2.45) is 0 Å². The minimum atomic E-state index is -0.286. The van der Waals surface area contributed by atoms with E-state index in [4.69, 9.17) is 0 Å². The van der Waals surface area contributed by atoms with E-state index in [0.717, 1.165) is 11.1 Å². The summed E-state index contributed by atoms with van der Waals surface area (Å²) in [5.41, 5.74) is 3.30. The molecule has 142 valence electrons. The van der Waals surface area contributed by atoms with Crippen molar-refractivity contribution in [2.45, 2.75) is 13.3 Å². The molecule has 0 heterocycles. The Morgan fingerprint density at radius 2 is 1.64 bits per heavy atom. The van der Waals surface area contributed by atoms with E-state index in [9.17, 15) is 14.0 Å². The third-order valence-electron chi connectivity index (χ3n) is 4.31. The first-order chi connectivity index (χ1) is 13.5. The highest BCUT2D eigenvalue weighted by molar-refractivity contribution is 6.09. The zero-order valence-corrected chi connectivity index (χ0v) is 15.5. The van der Waals surface area contributed by atoms with Gasteiger partial charge in [0, 0.05) is 12.1 Å². The number of hydrogen-bond donors (Lipinski definition) is 2. The van der Waals surface area contributed by atoms with Crippen molar-refractivity contribution in [1.29, 1.82) is 0 Å². The molecule has 3 rings (SSSR count). The van der Waals surface area contributed by atoms with Gasteiger partial charge in [-0.2, -0.15) is 0 Å². The summed E-state index contributed by atoms with van der Waals surface area (Å²) in [6.45, 7) is 2.32. The van der Waals surface area contributed by atoms with Gasteiger partial charge in [0.05, 0.1) is 11.3 Å². The molecule has 5 heteroatoms. The number of benzene rings is 3. The maximum Gasteiger partial charge on any atom is 0.255 e. The fourth-order valence-corrected chi connectivity index (χ4v) is 2.84. The lowest BCUT2D eigenvalue weighted by Crippen LogP contribution is -2.27. The smallest absolute Gasteiger partial charge is 0.255 e. The molecule has 0 aliphatic heterocycles. The van der Waals surface area contributed by atoms with Crippen LogP contribution in [0.3, 0.4) is 0 Å².